The maximum absolute atomic E-state index is 13.0. The molecular formula is C29H23Cl2F3N4O2. The summed E-state index contributed by atoms with van der Waals surface area (Å²) < 4.78 is 38.8. The predicted molar refractivity (Wildman–Crippen MR) is 153 cm³/mol. The summed E-state index contributed by atoms with van der Waals surface area (Å²) in [4.78, 5) is 25.1. The van der Waals surface area contributed by atoms with Crippen LogP contribution in [0.1, 0.15) is 15.9 Å². The third-order valence-electron chi connectivity index (χ3n) is 5.78. The number of carbonyl (C=O) groups excluding carboxylic acids is 2. The molecule has 4 rings (SSSR count). The highest BCUT2D eigenvalue weighted by molar-refractivity contribution is 6.39. The lowest BCUT2D eigenvalue weighted by Gasteiger charge is -2.13. The molecule has 11 heteroatoms. The smallest absolute Gasteiger partial charge is 0.383 e. The molecule has 6 nitrogen and oxygen atoms in total. The Labute approximate surface area is 238 Å². The van der Waals surface area contributed by atoms with Crippen molar-refractivity contribution in [2.75, 3.05) is 29.0 Å². The van der Waals surface area contributed by atoms with Crippen molar-refractivity contribution in [3.63, 3.8) is 0 Å². The fourth-order valence-corrected chi connectivity index (χ4v) is 4.29. The van der Waals surface area contributed by atoms with E-state index >= 15 is 0 Å². The Bertz CT molecular complexity index is 1470. The first-order valence-corrected chi connectivity index (χ1v) is 12.8. The molecule has 0 saturated heterocycles. The summed E-state index contributed by atoms with van der Waals surface area (Å²) in [5, 5.41) is 11.9. The summed E-state index contributed by atoms with van der Waals surface area (Å²) >= 11 is 12.1. The van der Waals surface area contributed by atoms with Gasteiger partial charge in [-0.1, -0.05) is 59.6 Å². The van der Waals surface area contributed by atoms with Gasteiger partial charge in [0.25, 0.3) is 5.91 Å². The van der Waals surface area contributed by atoms with Crippen molar-refractivity contribution in [3.8, 4) is 11.1 Å². The number of hydrogen-bond donors (Lipinski definition) is 4. The van der Waals surface area contributed by atoms with E-state index in [2.05, 4.69) is 21.3 Å². The van der Waals surface area contributed by atoms with Crippen molar-refractivity contribution in [2.45, 2.75) is 6.18 Å². The van der Waals surface area contributed by atoms with Crippen molar-refractivity contribution in [3.05, 3.63) is 112 Å². The van der Waals surface area contributed by atoms with Gasteiger partial charge in [0, 0.05) is 30.0 Å². The van der Waals surface area contributed by atoms with Crippen LogP contribution in [0, 0.1) is 0 Å². The molecule has 0 unspecified atom stereocenters. The number of anilines is 3. The average molecular weight is 587 g/mol. The number of carbonyl (C=O) groups is 2. The van der Waals surface area contributed by atoms with Crippen LogP contribution in [-0.2, 0) is 6.18 Å². The summed E-state index contributed by atoms with van der Waals surface area (Å²) in [5.41, 5.74) is 2.21. The van der Waals surface area contributed by atoms with E-state index in [1.807, 2.05) is 0 Å². The van der Waals surface area contributed by atoms with Gasteiger partial charge in [-0.3, -0.25) is 4.79 Å². The molecule has 4 aromatic rings. The van der Waals surface area contributed by atoms with Crippen LogP contribution in [0.15, 0.2) is 91.0 Å². The van der Waals surface area contributed by atoms with Crippen LogP contribution in [0.5, 0.6) is 0 Å². The molecule has 0 bridgehead atoms. The van der Waals surface area contributed by atoms with E-state index in [1.54, 1.807) is 66.7 Å². The molecule has 0 spiro atoms. The standard InChI is InChI=1S/C29H23Cl2F3N4O2/c30-24-6-3-7-25(31)26(24)38-28(40)36-17-16-35-20-12-14-21(15-13-20)37-27(39)23-5-2-1-4-22(23)18-8-10-19(11-9-18)29(32,33)34/h1-15,35H,16-17H2,(H,37,39)(H2,36,38,40). The van der Waals surface area contributed by atoms with Gasteiger partial charge in [-0.05, 0) is 65.7 Å². The Kier molecular flexibility index (Phi) is 9.19. The first kappa shape index (κ1) is 28.8. The summed E-state index contributed by atoms with van der Waals surface area (Å²) in [7, 11) is 0. The largest absolute Gasteiger partial charge is 0.416 e. The number of hydrogen-bond acceptors (Lipinski definition) is 3. The molecule has 40 heavy (non-hydrogen) atoms. The van der Waals surface area contributed by atoms with Gasteiger partial charge in [0.2, 0.25) is 0 Å². The molecule has 0 saturated carbocycles. The van der Waals surface area contributed by atoms with Crippen molar-refractivity contribution >= 4 is 52.2 Å². The lowest BCUT2D eigenvalue weighted by molar-refractivity contribution is -0.137. The molecule has 0 heterocycles. The van der Waals surface area contributed by atoms with E-state index in [0.29, 0.717) is 51.2 Å². The van der Waals surface area contributed by atoms with Crippen LogP contribution in [0.25, 0.3) is 11.1 Å². The molecule has 0 aliphatic rings. The summed E-state index contributed by atoms with van der Waals surface area (Å²) in [6, 6.07) is 22.8. The van der Waals surface area contributed by atoms with Crippen molar-refractivity contribution in [2.24, 2.45) is 0 Å². The second kappa shape index (κ2) is 12.8. The molecule has 3 amide bonds. The number of amides is 3. The second-order valence-electron chi connectivity index (χ2n) is 8.56. The number of benzene rings is 4. The Balaban J connectivity index is 1.30. The van der Waals surface area contributed by atoms with E-state index in [1.165, 1.54) is 12.1 Å². The van der Waals surface area contributed by atoms with Crippen LogP contribution < -0.4 is 21.3 Å². The molecule has 4 aromatic carbocycles. The minimum absolute atomic E-state index is 0.313. The zero-order chi connectivity index (χ0) is 28.7. The minimum atomic E-state index is -4.44. The van der Waals surface area contributed by atoms with E-state index in [0.717, 1.165) is 17.8 Å². The quantitative estimate of drug-likeness (QED) is 0.157. The maximum Gasteiger partial charge on any atom is 0.416 e. The third-order valence-corrected chi connectivity index (χ3v) is 6.41. The maximum atomic E-state index is 13.0. The molecule has 0 aromatic heterocycles. The predicted octanol–water partition coefficient (Wildman–Crippen LogP) is 8.17. The Morgan fingerprint density at radius 3 is 1.98 bits per heavy atom. The zero-order valence-electron chi connectivity index (χ0n) is 20.8. The molecule has 0 aliphatic heterocycles. The minimum Gasteiger partial charge on any atom is -0.383 e. The van der Waals surface area contributed by atoms with Gasteiger partial charge < -0.3 is 21.3 Å². The normalized spacial score (nSPS) is 11.0. The second-order valence-corrected chi connectivity index (χ2v) is 9.37. The fourth-order valence-electron chi connectivity index (χ4n) is 3.80. The number of para-hydroxylation sites is 1. The van der Waals surface area contributed by atoms with Gasteiger partial charge >= 0.3 is 12.2 Å². The number of nitrogens with one attached hydrogen (secondary N) is 4. The molecule has 0 atom stereocenters. The number of alkyl halides is 3. The SMILES string of the molecule is O=C(NCCNc1ccc(NC(=O)c2ccccc2-c2ccc(C(F)(F)F)cc2)cc1)Nc1c(Cl)cccc1Cl. The molecule has 0 aliphatic carbocycles. The lowest BCUT2D eigenvalue weighted by atomic mass is 9.98. The summed E-state index contributed by atoms with van der Waals surface area (Å²) in [6.45, 7) is 0.739. The van der Waals surface area contributed by atoms with E-state index in [4.69, 9.17) is 23.2 Å². The molecule has 4 N–H and O–H groups in total. The number of rotatable bonds is 8. The number of halogens is 5. The van der Waals surface area contributed by atoms with Gasteiger partial charge in [-0.2, -0.15) is 13.2 Å². The highest BCUT2D eigenvalue weighted by Crippen LogP contribution is 2.32. The average Bonchev–Trinajstić information content (AvgIpc) is 2.93. The van der Waals surface area contributed by atoms with Crippen LogP contribution in [0.3, 0.4) is 0 Å². The Hall–Kier alpha value is -4.21. The van der Waals surface area contributed by atoms with Gasteiger partial charge in [0.05, 0.1) is 21.3 Å². The first-order chi connectivity index (χ1) is 19.1. The first-order valence-electron chi connectivity index (χ1n) is 12.0. The van der Waals surface area contributed by atoms with Crippen LogP contribution in [0.4, 0.5) is 35.0 Å². The van der Waals surface area contributed by atoms with Crippen LogP contribution in [-0.4, -0.2) is 25.0 Å². The fraction of sp³-hybridized carbons (Fsp3) is 0.103. The van der Waals surface area contributed by atoms with Crippen molar-refractivity contribution < 1.29 is 22.8 Å². The van der Waals surface area contributed by atoms with Crippen molar-refractivity contribution in [1.82, 2.24) is 5.32 Å². The molecule has 0 radical (unpaired) electrons. The highest BCUT2D eigenvalue weighted by Gasteiger charge is 2.30. The van der Waals surface area contributed by atoms with Gasteiger partial charge in [-0.15, -0.1) is 0 Å². The molecular weight excluding hydrogens is 564 g/mol. The monoisotopic (exact) mass is 586 g/mol. The van der Waals surface area contributed by atoms with Crippen LogP contribution >= 0.6 is 23.2 Å². The van der Waals surface area contributed by atoms with Crippen molar-refractivity contribution in [1.29, 1.82) is 0 Å². The number of urea groups is 1. The zero-order valence-corrected chi connectivity index (χ0v) is 22.3. The van der Waals surface area contributed by atoms with Gasteiger partial charge in [-0.25, -0.2) is 4.79 Å². The lowest BCUT2D eigenvalue weighted by Crippen LogP contribution is -2.32. The third kappa shape index (κ3) is 7.46. The van der Waals surface area contributed by atoms with E-state index < -0.39 is 23.7 Å². The summed E-state index contributed by atoms with van der Waals surface area (Å²) in [6.07, 6.45) is -4.44. The summed E-state index contributed by atoms with van der Waals surface area (Å²) in [5.74, 6) is -0.398. The van der Waals surface area contributed by atoms with E-state index in [9.17, 15) is 22.8 Å². The van der Waals surface area contributed by atoms with Crippen LogP contribution in [0.2, 0.25) is 10.0 Å². The molecule has 0 fully saturated rings. The highest BCUT2D eigenvalue weighted by atomic mass is 35.5. The Morgan fingerprint density at radius 1 is 0.700 bits per heavy atom. The topological polar surface area (TPSA) is 82.3 Å². The van der Waals surface area contributed by atoms with E-state index in [-0.39, 0.29) is 0 Å². The molecule has 206 valence electrons. The van der Waals surface area contributed by atoms with Gasteiger partial charge in [0.15, 0.2) is 0 Å². The van der Waals surface area contributed by atoms with Gasteiger partial charge in [0.1, 0.15) is 0 Å². The Morgan fingerprint density at radius 2 is 1.32 bits per heavy atom.